The average Bonchev–Trinajstić information content (AvgIpc) is 3.57. The van der Waals surface area contributed by atoms with E-state index in [4.69, 9.17) is 4.74 Å². The molecule has 7 aromatic rings. The standard InChI is InChI=1S/C44H31NO/c1-3-15-36-32(4-2)34-27-35-33-20-8-11-23-40(33)45(31-19-14-18-30(26-31)29-16-6-5-7-17-29)41(35)28-39(34)44(36)37-21-9-12-24-42(37)46-43-25-13-10-22-38(43)44/h3-28H,1H2,2H3/b32-4-,36-15+. The normalized spacial score (nSPS) is 16.0. The molecule has 2 nitrogen and oxygen atoms in total. The Bertz CT molecular complexity index is 2380. The quantitative estimate of drug-likeness (QED) is 0.200. The first-order valence-corrected chi connectivity index (χ1v) is 15.8. The van der Waals surface area contributed by atoms with Gasteiger partial charge in [-0.3, -0.25) is 0 Å². The molecule has 0 atom stereocenters. The molecule has 0 fully saturated rings. The van der Waals surface area contributed by atoms with Crippen molar-refractivity contribution in [3.63, 3.8) is 0 Å². The van der Waals surface area contributed by atoms with Crippen molar-refractivity contribution in [1.29, 1.82) is 0 Å². The van der Waals surface area contributed by atoms with Gasteiger partial charge in [-0.2, -0.15) is 0 Å². The van der Waals surface area contributed by atoms with Crippen LogP contribution in [0.3, 0.4) is 0 Å². The fraction of sp³-hybridized carbons (Fsp3) is 0.0455. The number of rotatable bonds is 3. The molecule has 1 aliphatic heterocycles. The van der Waals surface area contributed by atoms with Gasteiger partial charge in [0.1, 0.15) is 11.5 Å². The van der Waals surface area contributed by atoms with E-state index in [1.54, 1.807) is 0 Å². The van der Waals surface area contributed by atoms with Gasteiger partial charge in [-0.05, 0) is 82.8 Å². The lowest BCUT2D eigenvalue weighted by atomic mass is 9.65. The number of benzene rings is 6. The van der Waals surface area contributed by atoms with Gasteiger partial charge in [0, 0.05) is 27.6 Å². The van der Waals surface area contributed by atoms with Gasteiger partial charge in [0.05, 0.1) is 16.4 Å². The second kappa shape index (κ2) is 10.1. The number of hydrogen-bond acceptors (Lipinski definition) is 1. The van der Waals surface area contributed by atoms with E-state index in [2.05, 4.69) is 170 Å². The van der Waals surface area contributed by atoms with Crippen LogP contribution in [0.2, 0.25) is 0 Å². The Kier molecular flexibility index (Phi) is 5.82. The van der Waals surface area contributed by atoms with Crippen molar-refractivity contribution in [2.45, 2.75) is 12.3 Å². The molecule has 0 radical (unpaired) electrons. The van der Waals surface area contributed by atoms with Crippen molar-refractivity contribution in [2.75, 3.05) is 0 Å². The summed E-state index contributed by atoms with van der Waals surface area (Å²) < 4.78 is 9.02. The molecule has 2 heterocycles. The van der Waals surface area contributed by atoms with Gasteiger partial charge in [-0.25, -0.2) is 0 Å². The van der Waals surface area contributed by atoms with Crippen molar-refractivity contribution >= 4 is 27.4 Å². The smallest absolute Gasteiger partial charge is 0.132 e. The van der Waals surface area contributed by atoms with Crippen LogP contribution in [0.5, 0.6) is 11.5 Å². The number of ether oxygens (including phenoxy) is 1. The lowest BCUT2D eigenvalue weighted by molar-refractivity contribution is 0.436. The number of aromatic nitrogens is 1. The second-order valence-corrected chi connectivity index (χ2v) is 12.0. The molecule has 2 heteroatoms. The molecule has 0 saturated heterocycles. The van der Waals surface area contributed by atoms with Gasteiger partial charge in [0.25, 0.3) is 0 Å². The molecule has 2 aliphatic rings. The van der Waals surface area contributed by atoms with Crippen LogP contribution < -0.4 is 4.74 Å². The minimum absolute atomic E-state index is 0.571. The number of para-hydroxylation sites is 3. The molecule has 46 heavy (non-hydrogen) atoms. The zero-order chi connectivity index (χ0) is 30.8. The summed E-state index contributed by atoms with van der Waals surface area (Å²) in [5, 5.41) is 2.48. The van der Waals surface area contributed by atoms with E-state index in [1.165, 1.54) is 55.2 Å². The first kappa shape index (κ1) is 26.5. The van der Waals surface area contributed by atoms with Gasteiger partial charge < -0.3 is 9.30 Å². The third kappa shape index (κ3) is 3.53. The molecule has 9 rings (SSSR count). The Labute approximate surface area is 268 Å². The topological polar surface area (TPSA) is 14.2 Å². The highest BCUT2D eigenvalue weighted by molar-refractivity contribution is 6.12. The lowest BCUT2D eigenvalue weighted by Crippen LogP contribution is -2.32. The minimum Gasteiger partial charge on any atom is -0.457 e. The molecule has 1 aromatic heterocycles. The van der Waals surface area contributed by atoms with Gasteiger partial charge in [-0.15, -0.1) is 0 Å². The van der Waals surface area contributed by atoms with E-state index >= 15 is 0 Å². The van der Waals surface area contributed by atoms with Gasteiger partial charge in [0.15, 0.2) is 0 Å². The molecule has 1 aliphatic carbocycles. The SMILES string of the molecule is C=C/C=C1\C(=C/C)c2cc3c4ccccc4n(-c4cccc(-c5ccccc5)c4)c3cc2C12c1ccccc1Oc1ccccc12. The monoisotopic (exact) mass is 589 g/mol. The Hall–Kier alpha value is -5.86. The first-order chi connectivity index (χ1) is 22.7. The highest BCUT2D eigenvalue weighted by Crippen LogP contribution is 2.63. The second-order valence-electron chi connectivity index (χ2n) is 12.0. The van der Waals surface area contributed by atoms with E-state index in [9.17, 15) is 0 Å². The highest BCUT2D eigenvalue weighted by Gasteiger charge is 2.52. The molecule has 0 bridgehead atoms. The summed E-state index contributed by atoms with van der Waals surface area (Å²) in [5.41, 5.74) is 12.6. The summed E-state index contributed by atoms with van der Waals surface area (Å²) >= 11 is 0. The van der Waals surface area contributed by atoms with Crippen LogP contribution in [0.15, 0.2) is 170 Å². The summed E-state index contributed by atoms with van der Waals surface area (Å²) in [4.78, 5) is 0. The number of fused-ring (bicyclic) bond motifs is 9. The van der Waals surface area contributed by atoms with Crippen molar-refractivity contribution in [3.05, 3.63) is 192 Å². The maximum absolute atomic E-state index is 6.58. The van der Waals surface area contributed by atoms with Crippen LogP contribution >= 0.6 is 0 Å². The fourth-order valence-corrected chi connectivity index (χ4v) is 7.99. The van der Waals surface area contributed by atoms with Crippen LogP contribution in [0, 0.1) is 0 Å². The van der Waals surface area contributed by atoms with Gasteiger partial charge in [-0.1, -0.05) is 122 Å². The maximum atomic E-state index is 6.58. The fourth-order valence-electron chi connectivity index (χ4n) is 7.99. The predicted octanol–water partition coefficient (Wildman–Crippen LogP) is 11.4. The van der Waals surface area contributed by atoms with Crippen LogP contribution in [0.4, 0.5) is 0 Å². The maximum Gasteiger partial charge on any atom is 0.132 e. The summed E-state index contributed by atoms with van der Waals surface area (Å²) in [6.07, 6.45) is 6.39. The van der Waals surface area contributed by atoms with Crippen LogP contribution in [-0.4, -0.2) is 4.57 Å². The molecule has 6 aromatic carbocycles. The Morgan fingerprint density at radius 1 is 0.609 bits per heavy atom. The third-order valence-corrected chi connectivity index (χ3v) is 9.79. The summed E-state index contributed by atoms with van der Waals surface area (Å²) in [5.74, 6) is 1.77. The van der Waals surface area contributed by atoms with Crippen LogP contribution in [0.25, 0.3) is 44.2 Å². The molecule has 0 unspecified atom stereocenters. The highest BCUT2D eigenvalue weighted by atomic mass is 16.5. The molecular weight excluding hydrogens is 558 g/mol. The van der Waals surface area contributed by atoms with Crippen LogP contribution in [0.1, 0.15) is 29.2 Å². The van der Waals surface area contributed by atoms with Crippen LogP contribution in [-0.2, 0) is 5.41 Å². The molecule has 0 saturated carbocycles. The molecule has 0 N–H and O–H groups in total. The predicted molar refractivity (Wildman–Crippen MR) is 191 cm³/mol. The van der Waals surface area contributed by atoms with Crippen molar-refractivity contribution in [3.8, 4) is 28.3 Å². The number of hydrogen-bond donors (Lipinski definition) is 0. The summed E-state index contributed by atoms with van der Waals surface area (Å²) in [6.45, 7) is 6.33. The van der Waals surface area contributed by atoms with E-state index in [0.717, 1.165) is 28.3 Å². The Balaban J connectivity index is 1.43. The summed E-state index contributed by atoms with van der Waals surface area (Å²) in [7, 11) is 0. The van der Waals surface area contributed by atoms with Gasteiger partial charge >= 0.3 is 0 Å². The van der Waals surface area contributed by atoms with E-state index < -0.39 is 5.41 Å². The summed E-state index contributed by atoms with van der Waals surface area (Å²) in [6, 6.07) is 50.2. The van der Waals surface area contributed by atoms with Crippen molar-refractivity contribution in [1.82, 2.24) is 4.57 Å². The average molecular weight is 590 g/mol. The zero-order valence-electron chi connectivity index (χ0n) is 25.6. The third-order valence-electron chi connectivity index (χ3n) is 9.79. The number of allylic oxidation sites excluding steroid dienone is 5. The largest absolute Gasteiger partial charge is 0.457 e. The van der Waals surface area contributed by atoms with E-state index in [0.29, 0.717) is 0 Å². The minimum atomic E-state index is -0.571. The van der Waals surface area contributed by atoms with Crippen molar-refractivity contribution < 1.29 is 4.74 Å². The van der Waals surface area contributed by atoms with Gasteiger partial charge in [0.2, 0.25) is 0 Å². The number of nitrogens with zero attached hydrogens (tertiary/aromatic N) is 1. The molecule has 218 valence electrons. The first-order valence-electron chi connectivity index (χ1n) is 15.8. The zero-order valence-corrected chi connectivity index (χ0v) is 25.6. The van der Waals surface area contributed by atoms with E-state index in [1.807, 2.05) is 6.08 Å². The molecular formula is C44H31NO. The molecule has 0 amide bonds. The van der Waals surface area contributed by atoms with Crippen molar-refractivity contribution in [2.24, 2.45) is 0 Å². The Morgan fingerprint density at radius 3 is 2.02 bits per heavy atom. The Morgan fingerprint density at radius 2 is 1.28 bits per heavy atom. The lowest BCUT2D eigenvalue weighted by Gasteiger charge is -2.39. The molecule has 1 spiro atoms. The van der Waals surface area contributed by atoms with E-state index in [-0.39, 0.29) is 0 Å².